The lowest BCUT2D eigenvalue weighted by Gasteiger charge is -2.38. The van der Waals surface area contributed by atoms with Crippen molar-refractivity contribution in [2.24, 2.45) is 0 Å². The average Bonchev–Trinajstić information content (AvgIpc) is 3.11. The summed E-state index contributed by atoms with van der Waals surface area (Å²) in [6, 6.07) is 19.6. The Labute approximate surface area is 147 Å². The number of hydrogen-bond donors (Lipinski definition) is 1. The molecule has 0 amide bonds. The maximum absolute atomic E-state index is 10.4. The predicted octanol–water partition coefficient (Wildman–Crippen LogP) is 2.79. The van der Waals surface area contributed by atoms with E-state index in [-0.39, 0.29) is 6.10 Å². The molecule has 2 aliphatic rings. The van der Waals surface area contributed by atoms with Crippen molar-refractivity contribution in [3.63, 3.8) is 0 Å². The highest BCUT2D eigenvalue weighted by atomic mass is 16.8. The van der Waals surface area contributed by atoms with Crippen LogP contribution in [0.4, 0.5) is 0 Å². The minimum absolute atomic E-state index is 0.389. The van der Waals surface area contributed by atoms with Crippen molar-refractivity contribution in [1.29, 1.82) is 0 Å². The number of aliphatic hydroxyl groups excluding tert-OH is 1. The third-order valence-corrected chi connectivity index (χ3v) is 4.65. The van der Waals surface area contributed by atoms with E-state index in [2.05, 4.69) is 0 Å². The van der Waals surface area contributed by atoms with Crippen LogP contribution in [0.5, 0.6) is 0 Å². The molecule has 2 heterocycles. The first-order valence-electron chi connectivity index (χ1n) is 8.57. The van der Waals surface area contributed by atoms with Crippen molar-refractivity contribution in [2.75, 3.05) is 0 Å². The van der Waals surface area contributed by atoms with E-state index in [1.807, 2.05) is 67.6 Å². The number of aliphatic hydroxyl groups is 1. The van der Waals surface area contributed by atoms with Crippen LogP contribution in [0.15, 0.2) is 60.7 Å². The standard InChI is InChI=1S/C20H22O5/c1-13-16(21)17-18(25-19(24-17)15-10-6-3-7-11-15)20(23-13)22-12-14-8-4-2-5-9-14/h2-11,13,16-21H,12H2,1H3/t13-,16+,17+,18+,19+,20-/m0/s1. The molecule has 0 unspecified atom stereocenters. The van der Waals surface area contributed by atoms with Gasteiger partial charge in [0, 0.05) is 5.56 Å². The van der Waals surface area contributed by atoms with E-state index in [1.165, 1.54) is 0 Å². The fourth-order valence-electron chi connectivity index (χ4n) is 3.26. The SMILES string of the molecule is C[C@@H]1O[C@H](OCc2ccccc2)[C@@H]2O[C@H](c3ccccc3)O[C@@H]2[C@@H]1O. The molecule has 1 N–H and O–H groups in total. The Hall–Kier alpha value is -1.76. The van der Waals surface area contributed by atoms with Crippen LogP contribution in [-0.2, 0) is 25.6 Å². The third-order valence-electron chi connectivity index (χ3n) is 4.65. The van der Waals surface area contributed by atoms with Crippen molar-refractivity contribution in [1.82, 2.24) is 0 Å². The van der Waals surface area contributed by atoms with E-state index >= 15 is 0 Å². The number of fused-ring (bicyclic) bond motifs is 1. The van der Waals surface area contributed by atoms with Gasteiger partial charge in [-0.25, -0.2) is 0 Å². The Morgan fingerprint density at radius 3 is 2.24 bits per heavy atom. The number of benzene rings is 2. The lowest BCUT2D eigenvalue weighted by atomic mass is 10.00. The molecule has 6 atom stereocenters. The average molecular weight is 342 g/mol. The molecule has 0 spiro atoms. The van der Waals surface area contributed by atoms with Crippen LogP contribution < -0.4 is 0 Å². The fraction of sp³-hybridized carbons (Fsp3) is 0.400. The molecule has 2 fully saturated rings. The molecule has 5 nitrogen and oxygen atoms in total. The van der Waals surface area contributed by atoms with Gasteiger partial charge in [-0.1, -0.05) is 60.7 Å². The molecule has 132 valence electrons. The Balaban J connectivity index is 1.48. The summed E-state index contributed by atoms with van der Waals surface area (Å²) in [5.74, 6) is 0. The van der Waals surface area contributed by atoms with Gasteiger partial charge in [-0.3, -0.25) is 0 Å². The smallest absolute Gasteiger partial charge is 0.187 e. The van der Waals surface area contributed by atoms with Gasteiger partial charge < -0.3 is 24.1 Å². The highest BCUT2D eigenvalue weighted by Gasteiger charge is 2.52. The van der Waals surface area contributed by atoms with Gasteiger partial charge in [-0.15, -0.1) is 0 Å². The third kappa shape index (κ3) is 3.47. The lowest BCUT2D eigenvalue weighted by Crippen LogP contribution is -2.55. The molecule has 2 aliphatic heterocycles. The molecule has 0 aliphatic carbocycles. The van der Waals surface area contributed by atoms with Crippen LogP contribution in [0.25, 0.3) is 0 Å². The molecule has 2 aromatic rings. The van der Waals surface area contributed by atoms with Gasteiger partial charge in [0.15, 0.2) is 12.6 Å². The maximum Gasteiger partial charge on any atom is 0.187 e. The van der Waals surface area contributed by atoms with Gasteiger partial charge in [-0.2, -0.15) is 0 Å². The predicted molar refractivity (Wildman–Crippen MR) is 90.5 cm³/mol. The van der Waals surface area contributed by atoms with Gasteiger partial charge >= 0.3 is 0 Å². The molecule has 25 heavy (non-hydrogen) atoms. The van der Waals surface area contributed by atoms with Crippen LogP contribution in [0.1, 0.15) is 24.3 Å². The quantitative estimate of drug-likeness (QED) is 0.926. The molecule has 5 heteroatoms. The fourth-order valence-corrected chi connectivity index (χ4v) is 3.26. The Morgan fingerprint density at radius 2 is 1.52 bits per heavy atom. The van der Waals surface area contributed by atoms with Crippen molar-refractivity contribution in [3.8, 4) is 0 Å². The summed E-state index contributed by atoms with van der Waals surface area (Å²) in [4.78, 5) is 0. The summed E-state index contributed by atoms with van der Waals surface area (Å²) in [6.45, 7) is 2.23. The van der Waals surface area contributed by atoms with Gasteiger partial charge in [0.2, 0.25) is 0 Å². The summed E-state index contributed by atoms with van der Waals surface area (Å²) < 4.78 is 23.8. The second-order valence-electron chi connectivity index (χ2n) is 6.44. The van der Waals surface area contributed by atoms with Crippen LogP contribution in [0.3, 0.4) is 0 Å². The van der Waals surface area contributed by atoms with Crippen molar-refractivity contribution < 1.29 is 24.1 Å². The molecule has 0 bridgehead atoms. The molecule has 4 rings (SSSR count). The first-order valence-corrected chi connectivity index (χ1v) is 8.57. The zero-order chi connectivity index (χ0) is 17.2. The minimum atomic E-state index is -0.754. The summed E-state index contributed by atoms with van der Waals surface area (Å²) >= 11 is 0. The van der Waals surface area contributed by atoms with Gasteiger partial charge in [-0.05, 0) is 12.5 Å². The van der Waals surface area contributed by atoms with Gasteiger partial charge in [0.05, 0.1) is 12.7 Å². The first kappa shape index (κ1) is 16.7. The second kappa shape index (κ2) is 7.23. The zero-order valence-electron chi connectivity index (χ0n) is 14.0. The Bertz CT molecular complexity index is 677. The highest BCUT2D eigenvalue weighted by molar-refractivity contribution is 5.17. The molecule has 2 saturated heterocycles. The van der Waals surface area contributed by atoms with E-state index in [0.717, 1.165) is 11.1 Å². The van der Waals surface area contributed by atoms with Crippen LogP contribution >= 0.6 is 0 Å². The molecular weight excluding hydrogens is 320 g/mol. The first-order chi connectivity index (χ1) is 12.2. The van der Waals surface area contributed by atoms with Crippen molar-refractivity contribution >= 4 is 0 Å². The molecule has 0 saturated carbocycles. The Kier molecular flexibility index (Phi) is 4.83. The number of ether oxygens (including phenoxy) is 4. The molecular formula is C20H22O5. The summed E-state index contributed by atoms with van der Waals surface area (Å²) in [5, 5.41) is 10.4. The second-order valence-corrected chi connectivity index (χ2v) is 6.44. The monoisotopic (exact) mass is 342 g/mol. The molecule has 0 radical (unpaired) electrons. The summed E-state index contributed by atoms with van der Waals surface area (Å²) in [6.07, 6.45) is -3.20. The van der Waals surface area contributed by atoms with Crippen LogP contribution in [-0.4, -0.2) is 35.8 Å². The van der Waals surface area contributed by atoms with E-state index in [4.69, 9.17) is 18.9 Å². The van der Waals surface area contributed by atoms with Crippen LogP contribution in [0.2, 0.25) is 0 Å². The van der Waals surface area contributed by atoms with Crippen LogP contribution in [0, 0.1) is 0 Å². The lowest BCUT2D eigenvalue weighted by molar-refractivity contribution is -0.274. The molecule has 0 aromatic heterocycles. The van der Waals surface area contributed by atoms with E-state index in [0.29, 0.717) is 6.61 Å². The summed E-state index contributed by atoms with van der Waals surface area (Å²) in [5.41, 5.74) is 1.97. The van der Waals surface area contributed by atoms with E-state index in [9.17, 15) is 5.11 Å². The van der Waals surface area contributed by atoms with Gasteiger partial charge in [0.1, 0.15) is 18.3 Å². The van der Waals surface area contributed by atoms with Gasteiger partial charge in [0.25, 0.3) is 0 Å². The number of rotatable bonds is 4. The molecule has 2 aromatic carbocycles. The zero-order valence-corrected chi connectivity index (χ0v) is 14.0. The summed E-state index contributed by atoms with van der Waals surface area (Å²) in [7, 11) is 0. The largest absolute Gasteiger partial charge is 0.388 e. The number of hydrogen-bond acceptors (Lipinski definition) is 5. The van der Waals surface area contributed by atoms with E-state index in [1.54, 1.807) is 0 Å². The highest BCUT2D eigenvalue weighted by Crippen LogP contribution is 2.39. The van der Waals surface area contributed by atoms with Crippen molar-refractivity contribution in [3.05, 3.63) is 71.8 Å². The van der Waals surface area contributed by atoms with Crippen molar-refractivity contribution in [2.45, 2.75) is 50.5 Å². The Morgan fingerprint density at radius 1 is 0.880 bits per heavy atom. The normalized spacial score (nSPS) is 34.6. The van der Waals surface area contributed by atoms with E-state index < -0.39 is 30.9 Å². The minimum Gasteiger partial charge on any atom is -0.388 e. The topological polar surface area (TPSA) is 57.2 Å². The maximum atomic E-state index is 10.4.